The Morgan fingerprint density at radius 2 is 1.81 bits per heavy atom. The van der Waals surface area contributed by atoms with Crippen molar-refractivity contribution in [2.75, 3.05) is 31.1 Å². The second-order valence-corrected chi connectivity index (χ2v) is 6.68. The molecule has 0 spiro atoms. The highest BCUT2D eigenvalue weighted by Crippen LogP contribution is 2.27. The summed E-state index contributed by atoms with van der Waals surface area (Å²) < 4.78 is 2.08. The van der Waals surface area contributed by atoms with Crippen molar-refractivity contribution in [2.45, 2.75) is 20.4 Å². The summed E-state index contributed by atoms with van der Waals surface area (Å²) in [6, 6.07) is 0. The quantitative estimate of drug-likeness (QED) is 0.702. The van der Waals surface area contributed by atoms with Gasteiger partial charge in [-0.2, -0.15) is 0 Å². The van der Waals surface area contributed by atoms with Crippen molar-refractivity contribution in [3.63, 3.8) is 0 Å². The van der Waals surface area contributed by atoms with Gasteiger partial charge in [-0.05, 0) is 12.5 Å². The highest BCUT2D eigenvalue weighted by atomic mass is 16.2. The van der Waals surface area contributed by atoms with Crippen molar-refractivity contribution in [3.05, 3.63) is 32.6 Å². The van der Waals surface area contributed by atoms with Gasteiger partial charge in [0, 0.05) is 46.3 Å². The van der Waals surface area contributed by atoms with E-state index in [0.29, 0.717) is 31.9 Å². The molecule has 0 atom stereocenters. The Morgan fingerprint density at radius 3 is 2.37 bits per heavy atom. The number of aryl methyl sites for hydroxylation is 2. The molecule has 3 rings (SSSR count). The zero-order chi connectivity index (χ0) is 19.9. The third-order valence-electron chi connectivity index (χ3n) is 4.86. The van der Waals surface area contributed by atoms with E-state index in [2.05, 4.69) is 4.98 Å². The fraction of sp³-hybridized carbons (Fsp3) is 0.471. The van der Waals surface area contributed by atoms with Crippen LogP contribution in [-0.2, 0) is 23.2 Å². The number of rotatable bonds is 3. The van der Waals surface area contributed by atoms with Crippen molar-refractivity contribution >= 4 is 28.5 Å². The third kappa shape index (κ3) is 3.18. The fourth-order valence-corrected chi connectivity index (χ4v) is 3.48. The van der Waals surface area contributed by atoms with Gasteiger partial charge in [-0.15, -0.1) is 0 Å². The molecular weight excluding hydrogens is 352 g/mol. The molecule has 2 aromatic heterocycles. The molecule has 0 saturated carbocycles. The van der Waals surface area contributed by atoms with Crippen LogP contribution < -0.4 is 21.9 Å². The lowest BCUT2D eigenvalue weighted by molar-refractivity contribution is -0.129. The van der Waals surface area contributed by atoms with Gasteiger partial charge in [0.05, 0.1) is 5.69 Å². The normalized spacial score (nSPS) is 14.6. The van der Waals surface area contributed by atoms with Crippen molar-refractivity contribution in [1.29, 1.82) is 0 Å². The van der Waals surface area contributed by atoms with Gasteiger partial charge in [0.25, 0.3) is 5.56 Å². The second-order valence-electron chi connectivity index (χ2n) is 6.68. The number of nitrogens with two attached hydrogens (primary N) is 1. The zero-order valence-corrected chi connectivity index (χ0v) is 15.6. The van der Waals surface area contributed by atoms with Gasteiger partial charge in [-0.3, -0.25) is 23.5 Å². The summed E-state index contributed by atoms with van der Waals surface area (Å²) in [5.41, 5.74) is 5.66. The average molecular weight is 374 g/mol. The number of nitrogens with zero attached hydrogens (tertiary/aromatic N) is 5. The molecule has 0 unspecified atom stereocenters. The first-order valence-corrected chi connectivity index (χ1v) is 8.60. The predicted octanol–water partition coefficient (Wildman–Crippen LogP) is -1.44. The summed E-state index contributed by atoms with van der Waals surface area (Å²) in [6.07, 6.45) is 1.62. The molecule has 1 fully saturated rings. The number of amides is 2. The Hall–Kier alpha value is -3.17. The second kappa shape index (κ2) is 6.86. The number of hydrogen-bond donors (Lipinski definition) is 1. The van der Waals surface area contributed by atoms with Crippen molar-refractivity contribution in [3.8, 4) is 0 Å². The first-order chi connectivity index (χ1) is 12.7. The van der Waals surface area contributed by atoms with Crippen molar-refractivity contribution in [1.82, 2.24) is 19.0 Å². The molecule has 1 saturated heterocycles. The van der Waals surface area contributed by atoms with Crippen LogP contribution in [0.15, 0.2) is 15.8 Å². The van der Waals surface area contributed by atoms with Gasteiger partial charge in [-0.1, -0.05) is 0 Å². The SMILES string of the molecule is CC(=O)N1CCN(c2c(C)cnc3c2c(=O)n(CC(N)=O)c(=O)n3C)CC1. The number of aromatic nitrogens is 3. The number of anilines is 1. The molecule has 10 heteroatoms. The van der Waals surface area contributed by atoms with Gasteiger partial charge in [0.2, 0.25) is 11.8 Å². The summed E-state index contributed by atoms with van der Waals surface area (Å²) in [6.45, 7) is 5.06. The minimum Gasteiger partial charge on any atom is -0.368 e. The summed E-state index contributed by atoms with van der Waals surface area (Å²) in [4.78, 5) is 56.4. The lowest BCUT2D eigenvalue weighted by Gasteiger charge is -2.36. The van der Waals surface area contributed by atoms with Crippen LogP contribution in [0, 0.1) is 6.92 Å². The Bertz CT molecular complexity index is 1050. The van der Waals surface area contributed by atoms with Gasteiger partial charge in [0.1, 0.15) is 11.9 Å². The molecule has 2 amide bonds. The summed E-state index contributed by atoms with van der Waals surface area (Å²) in [5, 5.41) is 0.273. The van der Waals surface area contributed by atoms with Crippen LogP contribution in [0.1, 0.15) is 12.5 Å². The Kier molecular flexibility index (Phi) is 4.73. The van der Waals surface area contributed by atoms with Crippen LogP contribution in [-0.4, -0.2) is 57.0 Å². The standard InChI is InChI=1S/C17H22N6O4/c1-10-8-19-15-13(14(10)22-6-4-21(5-7-22)11(2)24)16(26)23(9-12(18)25)17(27)20(15)3/h8H,4-7,9H2,1-3H3,(H2,18,25). The third-order valence-corrected chi connectivity index (χ3v) is 4.86. The summed E-state index contributed by atoms with van der Waals surface area (Å²) in [7, 11) is 1.50. The monoisotopic (exact) mass is 374 g/mol. The number of piperazine rings is 1. The minimum atomic E-state index is -0.772. The van der Waals surface area contributed by atoms with E-state index >= 15 is 0 Å². The molecule has 10 nitrogen and oxygen atoms in total. The molecule has 1 aliphatic heterocycles. The molecule has 144 valence electrons. The van der Waals surface area contributed by atoms with Gasteiger partial charge < -0.3 is 15.5 Å². The molecule has 0 aromatic carbocycles. The molecule has 1 aliphatic rings. The fourth-order valence-electron chi connectivity index (χ4n) is 3.48. The van der Waals surface area contributed by atoms with E-state index in [1.165, 1.54) is 18.5 Å². The molecular formula is C17H22N6O4. The van der Waals surface area contributed by atoms with E-state index in [-0.39, 0.29) is 16.9 Å². The molecule has 2 N–H and O–H groups in total. The number of carbonyl (C=O) groups excluding carboxylic acids is 2. The smallest absolute Gasteiger partial charge is 0.332 e. The molecule has 27 heavy (non-hydrogen) atoms. The largest absolute Gasteiger partial charge is 0.368 e. The van der Waals surface area contributed by atoms with E-state index < -0.39 is 23.7 Å². The molecule has 3 heterocycles. The van der Waals surface area contributed by atoms with Crippen LogP contribution in [0.5, 0.6) is 0 Å². The van der Waals surface area contributed by atoms with E-state index in [9.17, 15) is 19.2 Å². The summed E-state index contributed by atoms with van der Waals surface area (Å²) >= 11 is 0. The van der Waals surface area contributed by atoms with Crippen LogP contribution in [0.3, 0.4) is 0 Å². The zero-order valence-electron chi connectivity index (χ0n) is 15.6. The molecule has 0 bridgehead atoms. The van der Waals surface area contributed by atoms with E-state index in [1.54, 1.807) is 11.1 Å². The number of hydrogen-bond acceptors (Lipinski definition) is 6. The lowest BCUT2D eigenvalue weighted by atomic mass is 10.1. The van der Waals surface area contributed by atoms with Crippen molar-refractivity contribution < 1.29 is 9.59 Å². The van der Waals surface area contributed by atoms with Gasteiger partial charge in [0.15, 0.2) is 5.65 Å². The van der Waals surface area contributed by atoms with Crippen LogP contribution >= 0.6 is 0 Å². The average Bonchev–Trinajstić information content (AvgIpc) is 2.63. The topological polar surface area (TPSA) is 124 Å². The van der Waals surface area contributed by atoms with E-state index in [1.807, 2.05) is 11.8 Å². The maximum atomic E-state index is 13.0. The van der Waals surface area contributed by atoms with Crippen LogP contribution in [0.25, 0.3) is 11.0 Å². The van der Waals surface area contributed by atoms with E-state index in [4.69, 9.17) is 5.73 Å². The highest BCUT2D eigenvalue weighted by Gasteiger charge is 2.25. The number of pyridine rings is 1. The Balaban J connectivity index is 2.21. The summed E-state index contributed by atoms with van der Waals surface area (Å²) in [5.74, 6) is -0.761. The van der Waals surface area contributed by atoms with Gasteiger partial charge in [-0.25, -0.2) is 9.78 Å². The van der Waals surface area contributed by atoms with Crippen LogP contribution in [0.2, 0.25) is 0 Å². The van der Waals surface area contributed by atoms with E-state index in [0.717, 1.165) is 10.1 Å². The minimum absolute atomic E-state index is 0.0113. The van der Waals surface area contributed by atoms with Crippen LogP contribution in [0.4, 0.5) is 5.69 Å². The lowest BCUT2D eigenvalue weighted by Crippen LogP contribution is -2.49. The highest BCUT2D eigenvalue weighted by molar-refractivity contribution is 5.91. The maximum Gasteiger partial charge on any atom is 0.332 e. The molecule has 0 aliphatic carbocycles. The predicted molar refractivity (Wildman–Crippen MR) is 99.6 cm³/mol. The maximum absolute atomic E-state index is 13.0. The Labute approximate surface area is 154 Å². The number of primary amides is 1. The molecule has 0 radical (unpaired) electrons. The van der Waals surface area contributed by atoms with Crippen molar-refractivity contribution in [2.24, 2.45) is 12.8 Å². The first-order valence-electron chi connectivity index (χ1n) is 8.60. The number of fused-ring (bicyclic) bond motifs is 1. The Morgan fingerprint density at radius 1 is 1.19 bits per heavy atom. The van der Waals surface area contributed by atoms with Gasteiger partial charge >= 0.3 is 5.69 Å². The number of carbonyl (C=O) groups is 2. The molecule has 2 aromatic rings. The first kappa shape index (κ1) is 18.6.